The number of nitrogen functional groups attached to an aromatic ring is 1. The van der Waals surface area contributed by atoms with Gasteiger partial charge < -0.3 is 20.9 Å². The number of para-hydroxylation sites is 1. The second-order valence-electron chi connectivity index (χ2n) is 8.10. The van der Waals surface area contributed by atoms with Gasteiger partial charge in [0.05, 0.1) is 6.54 Å². The normalized spacial score (nSPS) is 11.9. The zero-order chi connectivity index (χ0) is 21.5. The van der Waals surface area contributed by atoms with Crippen molar-refractivity contribution in [2.45, 2.75) is 39.4 Å². The van der Waals surface area contributed by atoms with Crippen LogP contribution in [0.25, 0.3) is 11.2 Å². The number of likely N-dealkylation sites (N-methyl/N-ethyl adjacent to an activating group) is 1. The third-order valence-corrected chi connectivity index (χ3v) is 4.90. The summed E-state index contributed by atoms with van der Waals surface area (Å²) >= 11 is 0. The molecular formula is C20H29N7O2. The summed E-state index contributed by atoms with van der Waals surface area (Å²) in [6.45, 7) is 6.96. The van der Waals surface area contributed by atoms with Gasteiger partial charge in [0.25, 0.3) is 5.56 Å². The Hall–Kier alpha value is -3.07. The molecule has 156 valence electrons. The molecule has 0 amide bonds. The van der Waals surface area contributed by atoms with Crippen molar-refractivity contribution in [3.8, 4) is 0 Å². The molecule has 0 bridgehead atoms. The number of nitrogens with two attached hydrogens (primary N) is 2. The van der Waals surface area contributed by atoms with Gasteiger partial charge in [0.15, 0.2) is 11.2 Å². The molecule has 0 spiro atoms. The minimum Gasteiger partial charge on any atom is -0.398 e. The third-order valence-electron chi connectivity index (χ3n) is 4.90. The van der Waals surface area contributed by atoms with Crippen LogP contribution in [-0.4, -0.2) is 37.8 Å². The summed E-state index contributed by atoms with van der Waals surface area (Å²) in [6.07, 6.45) is 0. The summed E-state index contributed by atoms with van der Waals surface area (Å²) in [5.41, 5.74) is 12.9. The number of anilines is 2. The van der Waals surface area contributed by atoms with Crippen LogP contribution in [-0.2, 0) is 20.1 Å². The second-order valence-corrected chi connectivity index (χ2v) is 8.10. The van der Waals surface area contributed by atoms with Crippen LogP contribution in [0.4, 0.5) is 11.6 Å². The number of benzene rings is 1. The SMILES string of the molecule is CCn1c(N(C)CC(C)(C)N)nc2c1c(=O)n(Cc1ccccc1N)c(=O)n2C. The van der Waals surface area contributed by atoms with Crippen molar-refractivity contribution in [2.24, 2.45) is 12.8 Å². The van der Waals surface area contributed by atoms with Crippen LogP contribution < -0.4 is 27.6 Å². The van der Waals surface area contributed by atoms with E-state index in [0.29, 0.717) is 35.9 Å². The van der Waals surface area contributed by atoms with Gasteiger partial charge in [0.2, 0.25) is 5.95 Å². The lowest BCUT2D eigenvalue weighted by Gasteiger charge is -2.27. The Morgan fingerprint density at radius 2 is 1.83 bits per heavy atom. The number of nitrogens with zero attached hydrogens (tertiary/aromatic N) is 5. The molecule has 3 rings (SSSR count). The summed E-state index contributed by atoms with van der Waals surface area (Å²) < 4.78 is 4.44. The van der Waals surface area contributed by atoms with E-state index < -0.39 is 11.2 Å². The van der Waals surface area contributed by atoms with Crippen LogP contribution in [0.15, 0.2) is 33.9 Å². The quantitative estimate of drug-likeness (QED) is 0.590. The lowest BCUT2D eigenvalue weighted by molar-refractivity contribution is 0.512. The Labute approximate surface area is 169 Å². The van der Waals surface area contributed by atoms with Crippen LogP contribution >= 0.6 is 0 Å². The monoisotopic (exact) mass is 399 g/mol. The highest BCUT2D eigenvalue weighted by Crippen LogP contribution is 2.20. The second kappa shape index (κ2) is 7.40. The van der Waals surface area contributed by atoms with Crippen LogP contribution in [0, 0.1) is 0 Å². The Balaban J connectivity index is 2.23. The average Bonchev–Trinajstić information content (AvgIpc) is 3.03. The van der Waals surface area contributed by atoms with Gasteiger partial charge >= 0.3 is 5.69 Å². The Morgan fingerprint density at radius 1 is 1.17 bits per heavy atom. The zero-order valence-corrected chi connectivity index (χ0v) is 17.6. The first-order valence-corrected chi connectivity index (χ1v) is 9.58. The number of aromatic nitrogens is 4. The Bertz CT molecular complexity index is 1160. The fourth-order valence-corrected chi connectivity index (χ4v) is 3.62. The van der Waals surface area contributed by atoms with E-state index in [1.54, 1.807) is 13.1 Å². The summed E-state index contributed by atoms with van der Waals surface area (Å²) in [4.78, 5) is 32.8. The molecule has 0 atom stereocenters. The molecule has 0 unspecified atom stereocenters. The van der Waals surface area contributed by atoms with Crippen molar-refractivity contribution in [3.63, 3.8) is 0 Å². The molecule has 2 aromatic heterocycles. The van der Waals surface area contributed by atoms with Crippen molar-refractivity contribution in [3.05, 3.63) is 50.7 Å². The maximum Gasteiger partial charge on any atom is 0.332 e. The first-order chi connectivity index (χ1) is 13.5. The van der Waals surface area contributed by atoms with Gasteiger partial charge in [-0.2, -0.15) is 4.98 Å². The molecule has 0 radical (unpaired) electrons. The zero-order valence-electron chi connectivity index (χ0n) is 17.6. The molecule has 0 fully saturated rings. The Morgan fingerprint density at radius 3 is 2.41 bits per heavy atom. The average molecular weight is 399 g/mol. The molecule has 9 nitrogen and oxygen atoms in total. The molecule has 0 saturated heterocycles. The lowest BCUT2D eigenvalue weighted by Crippen LogP contribution is -2.44. The Kier molecular flexibility index (Phi) is 5.27. The molecular weight excluding hydrogens is 370 g/mol. The van der Waals surface area contributed by atoms with Crippen molar-refractivity contribution >= 4 is 22.8 Å². The van der Waals surface area contributed by atoms with Gasteiger partial charge in [0.1, 0.15) is 0 Å². The standard InChI is InChI=1S/C20H29N7O2/c1-6-26-15-16(23-18(26)24(4)12-20(2,3)22)25(5)19(29)27(17(15)28)11-13-9-7-8-10-14(13)21/h7-10H,6,11-12,21-22H2,1-5H3. The molecule has 0 aliphatic heterocycles. The fourth-order valence-electron chi connectivity index (χ4n) is 3.62. The van der Waals surface area contributed by atoms with Gasteiger partial charge in [-0.15, -0.1) is 0 Å². The van der Waals surface area contributed by atoms with Gasteiger partial charge in [-0.1, -0.05) is 18.2 Å². The van der Waals surface area contributed by atoms with E-state index in [1.165, 1.54) is 9.13 Å². The first kappa shape index (κ1) is 20.7. The molecule has 0 aliphatic carbocycles. The van der Waals surface area contributed by atoms with E-state index in [2.05, 4.69) is 4.98 Å². The molecule has 4 N–H and O–H groups in total. The van der Waals surface area contributed by atoms with E-state index >= 15 is 0 Å². The maximum absolute atomic E-state index is 13.3. The highest BCUT2D eigenvalue weighted by atomic mass is 16.2. The highest BCUT2D eigenvalue weighted by molar-refractivity contribution is 5.74. The fraction of sp³-hybridized carbons (Fsp3) is 0.450. The van der Waals surface area contributed by atoms with E-state index in [9.17, 15) is 9.59 Å². The van der Waals surface area contributed by atoms with Crippen LogP contribution in [0.5, 0.6) is 0 Å². The molecule has 1 aromatic carbocycles. The minimum atomic E-state index is -0.442. The van der Waals surface area contributed by atoms with E-state index in [-0.39, 0.29) is 12.1 Å². The number of fused-ring (bicyclic) bond motifs is 1. The number of rotatable bonds is 6. The summed E-state index contributed by atoms with van der Waals surface area (Å²) in [5.74, 6) is 0.602. The van der Waals surface area contributed by atoms with Gasteiger partial charge in [-0.25, -0.2) is 4.79 Å². The van der Waals surface area contributed by atoms with E-state index in [4.69, 9.17) is 11.5 Å². The summed E-state index contributed by atoms with van der Waals surface area (Å²) in [5, 5.41) is 0. The largest absolute Gasteiger partial charge is 0.398 e. The first-order valence-electron chi connectivity index (χ1n) is 9.58. The van der Waals surface area contributed by atoms with Gasteiger partial charge in [0, 0.05) is 38.4 Å². The number of hydrogen-bond donors (Lipinski definition) is 2. The third kappa shape index (κ3) is 3.77. The van der Waals surface area contributed by atoms with E-state index in [1.807, 2.05) is 55.5 Å². The molecule has 0 saturated carbocycles. The predicted molar refractivity (Wildman–Crippen MR) is 116 cm³/mol. The minimum absolute atomic E-state index is 0.101. The number of hydrogen-bond acceptors (Lipinski definition) is 6. The number of imidazole rings is 1. The van der Waals surface area contributed by atoms with Crippen LogP contribution in [0.2, 0.25) is 0 Å². The molecule has 2 heterocycles. The van der Waals surface area contributed by atoms with Crippen molar-refractivity contribution < 1.29 is 0 Å². The van der Waals surface area contributed by atoms with E-state index in [0.717, 1.165) is 5.56 Å². The lowest BCUT2D eigenvalue weighted by atomic mass is 10.1. The van der Waals surface area contributed by atoms with Crippen molar-refractivity contribution in [1.82, 2.24) is 18.7 Å². The smallest absolute Gasteiger partial charge is 0.332 e. The summed E-state index contributed by atoms with van der Waals surface area (Å²) in [7, 11) is 3.50. The molecule has 0 aliphatic rings. The topological polar surface area (TPSA) is 117 Å². The summed E-state index contributed by atoms with van der Waals surface area (Å²) in [6, 6.07) is 7.21. The number of aryl methyl sites for hydroxylation is 2. The van der Waals surface area contributed by atoms with Crippen molar-refractivity contribution in [1.29, 1.82) is 0 Å². The molecule has 29 heavy (non-hydrogen) atoms. The van der Waals surface area contributed by atoms with Gasteiger partial charge in [-0.3, -0.25) is 13.9 Å². The van der Waals surface area contributed by atoms with Crippen molar-refractivity contribution in [2.75, 3.05) is 24.2 Å². The maximum atomic E-state index is 13.3. The van der Waals surface area contributed by atoms with Crippen LogP contribution in [0.3, 0.4) is 0 Å². The highest BCUT2D eigenvalue weighted by Gasteiger charge is 2.24. The van der Waals surface area contributed by atoms with Crippen LogP contribution in [0.1, 0.15) is 26.3 Å². The molecule has 9 heteroatoms. The predicted octanol–water partition coefficient (Wildman–Crippen LogP) is 0.721. The molecule has 3 aromatic rings. The van der Waals surface area contributed by atoms with Gasteiger partial charge in [-0.05, 0) is 32.4 Å².